The maximum Gasteiger partial charge on any atom is 0.349 e. The third kappa shape index (κ3) is 5.82. The lowest BCUT2D eigenvalue weighted by atomic mass is 9.93. The van der Waals surface area contributed by atoms with Crippen LogP contribution in [0.25, 0.3) is 5.57 Å². The number of ether oxygens (including phenoxy) is 1. The van der Waals surface area contributed by atoms with Crippen molar-refractivity contribution in [1.29, 1.82) is 5.26 Å². The summed E-state index contributed by atoms with van der Waals surface area (Å²) in [5, 5.41) is 9.80. The normalized spacial score (nSPS) is 12.6. The van der Waals surface area contributed by atoms with Crippen molar-refractivity contribution in [2.24, 2.45) is 5.92 Å². The minimum absolute atomic E-state index is 0.0559. The number of hydrogen-bond acceptors (Lipinski definition) is 3. The molecule has 0 heterocycles. The molecule has 0 N–H and O–H groups in total. The molecule has 146 valence electrons. The molecule has 0 aliphatic rings. The van der Waals surface area contributed by atoms with Crippen LogP contribution in [0.2, 0.25) is 0 Å². The zero-order valence-corrected chi connectivity index (χ0v) is 17.1. The predicted octanol–water partition coefficient (Wildman–Crippen LogP) is 6.08. The zero-order chi connectivity index (χ0) is 20.4. The fraction of sp³-hybridized carbons (Fsp3) is 0.360. The maximum atomic E-state index is 12.8. The first kappa shape index (κ1) is 21.4. The van der Waals surface area contributed by atoms with E-state index in [2.05, 4.69) is 19.9 Å². The molecule has 3 nitrogen and oxygen atoms in total. The first-order valence-corrected chi connectivity index (χ1v) is 10.0. The second-order valence-corrected chi connectivity index (χ2v) is 7.11. The van der Waals surface area contributed by atoms with E-state index in [9.17, 15) is 10.1 Å². The predicted molar refractivity (Wildman–Crippen MR) is 114 cm³/mol. The molecule has 1 unspecified atom stereocenters. The number of nitriles is 1. The maximum absolute atomic E-state index is 12.8. The largest absolute Gasteiger partial charge is 0.461 e. The SMILES string of the molecule is CCCCC(CC)COC(=O)/C(C#N)=C(/c1ccccc1)c1ccc(C)cc1. The molecule has 0 radical (unpaired) electrons. The van der Waals surface area contributed by atoms with Gasteiger partial charge in [0.05, 0.1) is 6.61 Å². The van der Waals surface area contributed by atoms with Gasteiger partial charge in [0.1, 0.15) is 11.6 Å². The molecule has 0 saturated heterocycles. The Labute approximate surface area is 168 Å². The highest BCUT2D eigenvalue weighted by atomic mass is 16.5. The monoisotopic (exact) mass is 375 g/mol. The smallest absolute Gasteiger partial charge is 0.349 e. The first-order valence-electron chi connectivity index (χ1n) is 10.0. The number of aryl methyl sites for hydroxylation is 1. The Kier molecular flexibility index (Phi) is 8.49. The van der Waals surface area contributed by atoms with Crippen LogP contribution in [0.5, 0.6) is 0 Å². The average molecular weight is 376 g/mol. The van der Waals surface area contributed by atoms with Crippen LogP contribution in [0.1, 0.15) is 56.2 Å². The van der Waals surface area contributed by atoms with Gasteiger partial charge in [0.25, 0.3) is 0 Å². The highest BCUT2D eigenvalue weighted by molar-refractivity contribution is 6.05. The summed E-state index contributed by atoms with van der Waals surface area (Å²) in [5.41, 5.74) is 3.47. The summed E-state index contributed by atoms with van der Waals surface area (Å²) < 4.78 is 5.57. The summed E-state index contributed by atoms with van der Waals surface area (Å²) in [7, 11) is 0. The molecule has 2 rings (SSSR count). The van der Waals surface area contributed by atoms with Gasteiger partial charge in [-0.25, -0.2) is 4.79 Å². The summed E-state index contributed by atoms with van der Waals surface area (Å²) in [5.74, 6) is -0.208. The quantitative estimate of drug-likeness (QED) is 0.303. The lowest BCUT2D eigenvalue weighted by Gasteiger charge is -2.16. The number of unbranched alkanes of at least 4 members (excludes halogenated alkanes) is 1. The second kappa shape index (κ2) is 11.1. The molecule has 0 spiro atoms. The molecule has 0 amide bonds. The minimum Gasteiger partial charge on any atom is -0.461 e. The van der Waals surface area contributed by atoms with E-state index in [1.807, 2.05) is 61.5 Å². The molecule has 2 aromatic carbocycles. The molecule has 1 atom stereocenters. The van der Waals surface area contributed by atoms with Crippen LogP contribution >= 0.6 is 0 Å². The van der Waals surface area contributed by atoms with Crippen LogP contribution in [-0.2, 0) is 9.53 Å². The van der Waals surface area contributed by atoms with E-state index in [1.54, 1.807) is 0 Å². The Balaban J connectivity index is 2.37. The molecule has 0 saturated carbocycles. The number of hydrogen-bond donors (Lipinski definition) is 0. The zero-order valence-electron chi connectivity index (χ0n) is 17.1. The number of carbonyl (C=O) groups excluding carboxylic acids is 1. The number of rotatable bonds is 9. The van der Waals surface area contributed by atoms with Crippen LogP contribution in [0.4, 0.5) is 0 Å². The standard InChI is InChI=1S/C25H29NO2/c1-4-6-10-20(5-2)18-28-25(27)23(17-26)24(21-11-8-7-9-12-21)22-15-13-19(3)14-16-22/h7-9,11-16,20H,4-6,10,18H2,1-3H3/b24-23-. The summed E-state index contributed by atoms with van der Waals surface area (Å²) in [4.78, 5) is 12.8. The lowest BCUT2D eigenvalue weighted by molar-refractivity contribution is -0.139. The number of benzene rings is 2. The van der Waals surface area contributed by atoms with Crippen LogP contribution < -0.4 is 0 Å². The lowest BCUT2D eigenvalue weighted by Crippen LogP contribution is -2.16. The van der Waals surface area contributed by atoms with Crippen LogP contribution in [-0.4, -0.2) is 12.6 Å². The molecular weight excluding hydrogens is 346 g/mol. The van der Waals surface area contributed by atoms with Crippen molar-refractivity contribution in [3.8, 4) is 6.07 Å². The van der Waals surface area contributed by atoms with Gasteiger partial charge in [-0.2, -0.15) is 5.26 Å². The second-order valence-electron chi connectivity index (χ2n) is 7.11. The molecule has 0 fully saturated rings. The summed E-state index contributed by atoms with van der Waals surface area (Å²) in [6, 6.07) is 19.5. The number of esters is 1. The van der Waals surface area contributed by atoms with Gasteiger partial charge in [-0.05, 0) is 30.4 Å². The van der Waals surface area contributed by atoms with Gasteiger partial charge in [0.15, 0.2) is 0 Å². The molecule has 28 heavy (non-hydrogen) atoms. The van der Waals surface area contributed by atoms with Crippen LogP contribution in [0, 0.1) is 24.2 Å². The van der Waals surface area contributed by atoms with E-state index in [1.165, 1.54) is 0 Å². The fourth-order valence-corrected chi connectivity index (χ4v) is 3.15. The van der Waals surface area contributed by atoms with E-state index < -0.39 is 5.97 Å². The average Bonchev–Trinajstić information content (AvgIpc) is 2.73. The molecule has 0 aliphatic carbocycles. The van der Waals surface area contributed by atoms with E-state index >= 15 is 0 Å². The van der Waals surface area contributed by atoms with Gasteiger partial charge < -0.3 is 4.74 Å². The Morgan fingerprint density at radius 2 is 1.68 bits per heavy atom. The van der Waals surface area contributed by atoms with Crippen LogP contribution in [0.15, 0.2) is 60.2 Å². The first-order chi connectivity index (χ1) is 13.6. The number of carbonyl (C=O) groups is 1. The van der Waals surface area contributed by atoms with Gasteiger partial charge in [-0.1, -0.05) is 93.3 Å². The van der Waals surface area contributed by atoms with Crippen molar-refractivity contribution in [2.45, 2.75) is 46.5 Å². The highest BCUT2D eigenvalue weighted by Crippen LogP contribution is 2.28. The van der Waals surface area contributed by atoms with Crippen molar-refractivity contribution in [3.05, 3.63) is 76.9 Å². The highest BCUT2D eigenvalue weighted by Gasteiger charge is 2.21. The third-order valence-electron chi connectivity index (χ3n) is 4.96. The topological polar surface area (TPSA) is 50.1 Å². The summed E-state index contributed by atoms with van der Waals surface area (Å²) >= 11 is 0. The fourth-order valence-electron chi connectivity index (χ4n) is 3.15. The van der Waals surface area contributed by atoms with Crippen LogP contribution in [0.3, 0.4) is 0 Å². The Hall–Kier alpha value is -2.86. The van der Waals surface area contributed by atoms with E-state index in [-0.39, 0.29) is 5.57 Å². The summed E-state index contributed by atoms with van der Waals surface area (Å²) in [6.45, 7) is 6.63. The molecule has 0 bridgehead atoms. The Morgan fingerprint density at radius 1 is 1.04 bits per heavy atom. The van der Waals surface area contributed by atoms with E-state index in [0.717, 1.165) is 42.4 Å². The van der Waals surface area contributed by atoms with Gasteiger partial charge >= 0.3 is 5.97 Å². The molecule has 3 heteroatoms. The Bertz CT molecular complexity index is 829. The van der Waals surface area contributed by atoms with E-state index in [4.69, 9.17) is 4.74 Å². The third-order valence-corrected chi connectivity index (χ3v) is 4.96. The molecule has 2 aromatic rings. The van der Waals surface area contributed by atoms with Crippen molar-refractivity contribution >= 4 is 11.5 Å². The van der Waals surface area contributed by atoms with Crippen molar-refractivity contribution in [1.82, 2.24) is 0 Å². The van der Waals surface area contributed by atoms with E-state index in [0.29, 0.717) is 18.1 Å². The van der Waals surface area contributed by atoms with Gasteiger partial charge in [0, 0.05) is 5.57 Å². The molecule has 0 aliphatic heterocycles. The molecular formula is C25H29NO2. The van der Waals surface area contributed by atoms with Gasteiger partial charge in [-0.15, -0.1) is 0 Å². The van der Waals surface area contributed by atoms with Crippen molar-refractivity contribution in [2.75, 3.05) is 6.61 Å². The summed E-state index contributed by atoms with van der Waals surface area (Å²) in [6.07, 6.45) is 4.24. The van der Waals surface area contributed by atoms with Crippen molar-refractivity contribution < 1.29 is 9.53 Å². The van der Waals surface area contributed by atoms with Gasteiger partial charge in [-0.3, -0.25) is 0 Å². The molecule has 0 aromatic heterocycles. The van der Waals surface area contributed by atoms with Gasteiger partial charge in [0.2, 0.25) is 0 Å². The number of nitrogens with zero attached hydrogens (tertiary/aromatic N) is 1. The van der Waals surface area contributed by atoms with Crippen molar-refractivity contribution in [3.63, 3.8) is 0 Å². The minimum atomic E-state index is -0.545. The Morgan fingerprint density at radius 3 is 2.25 bits per heavy atom.